The first-order chi connectivity index (χ1) is 6.24. The molecule has 0 bridgehead atoms. The predicted molar refractivity (Wildman–Crippen MR) is 48.6 cm³/mol. The third-order valence-corrected chi connectivity index (χ3v) is 2.56. The van der Waals surface area contributed by atoms with Crippen LogP contribution in [0, 0.1) is 5.92 Å². The zero-order valence-electron chi connectivity index (χ0n) is 7.78. The van der Waals surface area contributed by atoms with E-state index in [0.717, 1.165) is 25.7 Å². The minimum Gasteiger partial charge on any atom is -0.465 e. The lowest BCUT2D eigenvalue weighted by atomic mass is 9.94. The molecule has 0 saturated carbocycles. The Kier molecular flexibility index (Phi) is 4.02. The van der Waals surface area contributed by atoms with Crippen LogP contribution in [-0.4, -0.2) is 40.9 Å². The highest BCUT2D eigenvalue weighted by molar-refractivity contribution is 5.65. The summed E-state index contributed by atoms with van der Waals surface area (Å²) in [6.07, 6.45) is 2.98. The summed E-state index contributed by atoms with van der Waals surface area (Å²) in [4.78, 5) is 12.1. The maximum Gasteiger partial charge on any atom is 0.407 e. The third-order valence-electron chi connectivity index (χ3n) is 2.56. The Hall–Kier alpha value is -0.770. The highest BCUT2D eigenvalue weighted by Gasteiger charge is 2.22. The van der Waals surface area contributed by atoms with Crippen LogP contribution in [0.5, 0.6) is 0 Å². The molecule has 76 valence electrons. The summed E-state index contributed by atoms with van der Waals surface area (Å²) in [5.74, 6) is 0.456. The van der Waals surface area contributed by atoms with Gasteiger partial charge in [-0.05, 0) is 31.6 Å². The summed E-state index contributed by atoms with van der Waals surface area (Å²) in [6, 6.07) is 0. The normalized spacial score (nSPS) is 23.2. The van der Waals surface area contributed by atoms with E-state index in [1.165, 1.54) is 4.90 Å². The highest BCUT2D eigenvalue weighted by Crippen LogP contribution is 2.20. The van der Waals surface area contributed by atoms with Crippen LogP contribution in [0.4, 0.5) is 4.79 Å². The Morgan fingerprint density at radius 2 is 2.31 bits per heavy atom. The lowest BCUT2D eigenvalue weighted by molar-refractivity contribution is 0.116. The average Bonchev–Trinajstić information content (AvgIpc) is 2.15. The topological polar surface area (TPSA) is 60.8 Å². The molecule has 0 radical (unpaired) electrons. The van der Waals surface area contributed by atoms with Gasteiger partial charge in [-0.1, -0.05) is 0 Å². The van der Waals surface area contributed by atoms with Crippen LogP contribution >= 0.6 is 0 Å². The maximum atomic E-state index is 10.7. The highest BCUT2D eigenvalue weighted by atomic mass is 16.4. The van der Waals surface area contributed by atoms with Gasteiger partial charge in [0.1, 0.15) is 0 Å². The fraction of sp³-hybridized carbons (Fsp3) is 0.889. The minimum atomic E-state index is -0.811. The fourth-order valence-corrected chi connectivity index (χ4v) is 1.85. The molecule has 13 heavy (non-hydrogen) atoms. The number of hydrogen-bond acceptors (Lipinski definition) is 2. The number of carbonyl (C=O) groups is 1. The van der Waals surface area contributed by atoms with Crippen molar-refractivity contribution in [2.45, 2.75) is 25.7 Å². The van der Waals surface area contributed by atoms with E-state index in [-0.39, 0.29) is 6.61 Å². The number of likely N-dealkylation sites (tertiary alicyclic amines) is 1. The fourth-order valence-electron chi connectivity index (χ4n) is 1.85. The molecule has 0 spiro atoms. The zero-order valence-corrected chi connectivity index (χ0v) is 7.78. The molecule has 0 aliphatic carbocycles. The van der Waals surface area contributed by atoms with Gasteiger partial charge in [0, 0.05) is 19.7 Å². The van der Waals surface area contributed by atoms with E-state index in [9.17, 15) is 4.79 Å². The molecule has 1 saturated heterocycles. The molecule has 1 atom stereocenters. The number of aliphatic hydroxyl groups excluding tert-OH is 1. The summed E-state index contributed by atoms with van der Waals surface area (Å²) in [6.45, 7) is 1.53. The minimum absolute atomic E-state index is 0.212. The van der Waals surface area contributed by atoms with Crippen LogP contribution in [0.15, 0.2) is 0 Å². The van der Waals surface area contributed by atoms with Crippen molar-refractivity contribution in [3.05, 3.63) is 0 Å². The van der Waals surface area contributed by atoms with Gasteiger partial charge in [-0.25, -0.2) is 4.79 Å². The second-order valence-corrected chi connectivity index (χ2v) is 3.60. The van der Waals surface area contributed by atoms with Gasteiger partial charge in [0.15, 0.2) is 0 Å². The van der Waals surface area contributed by atoms with Crippen molar-refractivity contribution in [1.82, 2.24) is 4.90 Å². The molecule has 0 aromatic carbocycles. The zero-order chi connectivity index (χ0) is 9.68. The Morgan fingerprint density at radius 1 is 1.54 bits per heavy atom. The van der Waals surface area contributed by atoms with Crippen molar-refractivity contribution in [2.75, 3.05) is 19.7 Å². The molecule has 4 heteroatoms. The van der Waals surface area contributed by atoms with Gasteiger partial charge in [-0.15, -0.1) is 0 Å². The standard InChI is InChI=1S/C9H17NO3/c11-6-2-4-8-3-1-5-10(7-8)9(12)13/h8,11H,1-7H2,(H,12,13)/t8-/m1/s1. The van der Waals surface area contributed by atoms with Gasteiger partial charge in [0.25, 0.3) is 0 Å². The quantitative estimate of drug-likeness (QED) is 0.696. The van der Waals surface area contributed by atoms with Crippen LogP contribution in [0.3, 0.4) is 0 Å². The number of carboxylic acid groups (broad SMARTS) is 1. The average molecular weight is 187 g/mol. The molecule has 2 N–H and O–H groups in total. The molecule has 1 heterocycles. The molecule has 1 fully saturated rings. The lowest BCUT2D eigenvalue weighted by Gasteiger charge is -2.30. The van der Waals surface area contributed by atoms with E-state index >= 15 is 0 Å². The van der Waals surface area contributed by atoms with E-state index in [2.05, 4.69) is 0 Å². The second kappa shape index (κ2) is 5.07. The number of amides is 1. The van der Waals surface area contributed by atoms with Crippen LogP contribution in [0.25, 0.3) is 0 Å². The SMILES string of the molecule is O=C(O)N1CCC[C@H](CCCO)C1. The van der Waals surface area contributed by atoms with Crippen LogP contribution in [-0.2, 0) is 0 Å². The van der Waals surface area contributed by atoms with Crippen molar-refractivity contribution in [2.24, 2.45) is 5.92 Å². The van der Waals surface area contributed by atoms with Crippen LogP contribution in [0.1, 0.15) is 25.7 Å². The van der Waals surface area contributed by atoms with Crippen molar-refractivity contribution >= 4 is 6.09 Å². The molecule has 1 aliphatic heterocycles. The van der Waals surface area contributed by atoms with E-state index < -0.39 is 6.09 Å². The Morgan fingerprint density at radius 3 is 2.92 bits per heavy atom. The molecule has 1 aliphatic rings. The van der Waals surface area contributed by atoms with Gasteiger partial charge in [-0.3, -0.25) is 0 Å². The van der Waals surface area contributed by atoms with E-state index in [4.69, 9.17) is 10.2 Å². The molecule has 0 aromatic rings. The first-order valence-corrected chi connectivity index (χ1v) is 4.82. The molecular weight excluding hydrogens is 170 g/mol. The molecule has 0 aromatic heterocycles. The van der Waals surface area contributed by atoms with Crippen LogP contribution in [0.2, 0.25) is 0 Å². The van der Waals surface area contributed by atoms with Crippen molar-refractivity contribution in [3.63, 3.8) is 0 Å². The monoisotopic (exact) mass is 187 g/mol. The summed E-state index contributed by atoms with van der Waals surface area (Å²) >= 11 is 0. The lowest BCUT2D eigenvalue weighted by Crippen LogP contribution is -2.38. The van der Waals surface area contributed by atoms with Crippen molar-refractivity contribution in [1.29, 1.82) is 0 Å². The molecule has 1 rings (SSSR count). The van der Waals surface area contributed by atoms with Gasteiger partial charge in [0.05, 0.1) is 0 Å². The van der Waals surface area contributed by atoms with Gasteiger partial charge in [0.2, 0.25) is 0 Å². The smallest absolute Gasteiger partial charge is 0.407 e. The van der Waals surface area contributed by atoms with E-state index in [0.29, 0.717) is 19.0 Å². The van der Waals surface area contributed by atoms with Gasteiger partial charge >= 0.3 is 6.09 Å². The number of aliphatic hydroxyl groups is 1. The van der Waals surface area contributed by atoms with Crippen LogP contribution < -0.4 is 0 Å². The predicted octanol–water partition coefficient (Wildman–Crippen LogP) is 1.15. The number of piperidine rings is 1. The molecule has 4 nitrogen and oxygen atoms in total. The number of hydrogen-bond donors (Lipinski definition) is 2. The summed E-state index contributed by atoms with van der Waals surface area (Å²) in [7, 11) is 0. The summed E-state index contributed by atoms with van der Waals surface area (Å²) < 4.78 is 0. The van der Waals surface area contributed by atoms with Gasteiger partial charge < -0.3 is 15.1 Å². The summed E-state index contributed by atoms with van der Waals surface area (Å²) in [5.41, 5.74) is 0. The Labute approximate surface area is 78.2 Å². The molecular formula is C9H17NO3. The van der Waals surface area contributed by atoms with E-state index in [1.807, 2.05) is 0 Å². The first-order valence-electron chi connectivity index (χ1n) is 4.82. The maximum absolute atomic E-state index is 10.7. The Balaban J connectivity index is 2.29. The third kappa shape index (κ3) is 3.22. The Bertz CT molecular complexity index is 172. The van der Waals surface area contributed by atoms with Crippen molar-refractivity contribution < 1.29 is 15.0 Å². The first kappa shape index (κ1) is 10.3. The second-order valence-electron chi connectivity index (χ2n) is 3.60. The number of rotatable bonds is 3. The number of nitrogens with zero attached hydrogens (tertiary/aromatic N) is 1. The van der Waals surface area contributed by atoms with Gasteiger partial charge in [-0.2, -0.15) is 0 Å². The van der Waals surface area contributed by atoms with Crippen molar-refractivity contribution in [3.8, 4) is 0 Å². The van der Waals surface area contributed by atoms with E-state index in [1.54, 1.807) is 0 Å². The molecule has 1 amide bonds. The summed E-state index contributed by atoms with van der Waals surface area (Å²) in [5, 5.41) is 17.4. The largest absolute Gasteiger partial charge is 0.465 e. The molecule has 0 unspecified atom stereocenters.